The second-order valence-corrected chi connectivity index (χ2v) is 10.4. The van der Waals surface area contributed by atoms with Gasteiger partial charge >= 0.3 is 17.9 Å². The Morgan fingerprint density at radius 1 is 0.667 bits per heavy atom. The first-order valence-electron chi connectivity index (χ1n) is 11.7. The van der Waals surface area contributed by atoms with Crippen molar-refractivity contribution in [3.05, 3.63) is 0 Å². The Labute approximate surface area is 179 Å². The first-order chi connectivity index (χ1) is 14.2. The molecule has 0 saturated heterocycles. The lowest BCUT2D eigenvalue weighted by Gasteiger charge is -2.56. The smallest absolute Gasteiger partial charge is 0.303 e. The molecule has 0 unspecified atom stereocenters. The van der Waals surface area contributed by atoms with Crippen molar-refractivity contribution in [2.45, 2.75) is 97.4 Å². The van der Waals surface area contributed by atoms with Crippen LogP contribution in [0.25, 0.3) is 0 Å². The molecule has 0 spiro atoms. The molecule has 0 aromatic heterocycles. The fourth-order valence-corrected chi connectivity index (χ4v) is 7.85. The highest BCUT2D eigenvalue weighted by Gasteiger charge is 2.59. The average molecular weight is 421 g/mol. The topological polar surface area (TPSA) is 78.9 Å². The summed E-state index contributed by atoms with van der Waals surface area (Å²) >= 11 is 0. The van der Waals surface area contributed by atoms with E-state index < -0.39 is 0 Å². The molecular formula is C24H36O6. The SMILES string of the molecule is CC(=O)O[C@H]1[C@@H]2CC[C@@H]3[C@H](CC[C@]4(C)[C@@H](OC(C)=O)CC[C@@H]34)[C@H]2CC[C@@H]1OC(C)=O. The van der Waals surface area contributed by atoms with Crippen LogP contribution in [0.3, 0.4) is 0 Å². The van der Waals surface area contributed by atoms with Crippen LogP contribution in [0.4, 0.5) is 0 Å². The van der Waals surface area contributed by atoms with Crippen molar-refractivity contribution in [2.24, 2.45) is 35.0 Å². The maximum atomic E-state index is 11.8. The van der Waals surface area contributed by atoms with E-state index >= 15 is 0 Å². The van der Waals surface area contributed by atoms with Gasteiger partial charge in [-0.05, 0) is 75.0 Å². The molecule has 6 heteroatoms. The van der Waals surface area contributed by atoms with Gasteiger partial charge in [-0.25, -0.2) is 0 Å². The zero-order valence-electron chi connectivity index (χ0n) is 18.7. The normalized spacial score (nSPS) is 44.8. The number of hydrogen-bond acceptors (Lipinski definition) is 6. The van der Waals surface area contributed by atoms with E-state index in [2.05, 4.69) is 6.92 Å². The Morgan fingerprint density at radius 3 is 1.93 bits per heavy atom. The Morgan fingerprint density at radius 2 is 1.27 bits per heavy atom. The molecule has 0 heterocycles. The number of rotatable bonds is 3. The molecule has 30 heavy (non-hydrogen) atoms. The van der Waals surface area contributed by atoms with Crippen LogP contribution in [-0.4, -0.2) is 36.2 Å². The predicted octanol–water partition coefficient (Wildman–Crippen LogP) is 4.04. The maximum absolute atomic E-state index is 11.8. The number of carbonyl (C=O) groups excluding carboxylic acids is 3. The molecule has 6 nitrogen and oxygen atoms in total. The molecule has 0 aliphatic heterocycles. The van der Waals surface area contributed by atoms with Crippen LogP contribution in [0.2, 0.25) is 0 Å². The maximum Gasteiger partial charge on any atom is 0.303 e. The average Bonchev–Trinajstić information content (AvgIpc) is 2.98. The summed E-state index contributed by atoms with van der Waals surface area (Å²) in [6, 6.07) is 0. The Hall–Kier alpha value is -1.59. The summed E-state index contributed by atoms with van der Waals surface area (Å²) in [7, 11) is 0. The van der Waals surface area contributed by atoms with Gasteiger partial charge in [0.25, 0.3) is 0 Å². The van der Waals surface area contributed by atoms with E-state index in [9.17, 15) is 14.4 Å². The number of fused-ring (bicyclic) bond motifs is 5. The minimum absolute atomic E-state index is 0.0483. The van der Waals surface area contributed by atoms with Crippen LogP contribution >= 0.6 is 0 Å². The minimum Gasteiger partial charge on any atom is -0.462 e. The van der Waals surface area contributed by atoms with Crippen LogP contribution in [0.15, 0.2) is 0 Å². The van der Waals surface area contributed by atoms with Gasteiger partial charge in [0.2, 0.25) is 0 Å². The Balaban J connectivity index is 1.53. The van der Waals surface area contributed by atoms with Gasteiger partial charge in [-0.3, -0.25) is 14.4 Å². The number of ether oxygens (including phenoxy) is 3. The van der Waals surface area contributed by atoms with Gasteiger partial charge in [0.1, 0.15) is 18.3 Å². The van der Waals surface area contributed by atoms with E-state index in [0.29, 0.717) is 23.7 Å². The van der Waals surface area contributed by atoms with Gasteiger partial charge in [-0.2, -0.15) is 0 Å². The highest BCUT2D eigenvalue weighted by Crippen LogP contribution is 2.63. The van der Waals surface area contributed by atoms with Crippen LogP contribution in [-0.2, 0) is 28.6 Å². The lowest BCUT2D eigenvalue weighted by Crippen LogP contribution is -2.55. The van der Waals surface area contributed by atoms with Gasteiger partial charge in [-0.1, -0.05) is 6.92 Å². The highest BCUT2D eigenvalue weighted by molar-refractivity contribution is 5.67. The number of carbonyl (C=O) groups is 3. The van der Waals surface area contributed by atoms with Crippen LogP contribution in [0, 0.1) is 35.0 Å². The lowest BCUT2D eigenvalue weighted by atomic mass is 9.50. The molecule has 168 valence electrons. The van der Waals surface area contributed by atoms with Crippen molar-refractivity contribution in [3.8, 4) is 0 Å². The summed E-state index contributed by atoms with van der Waals surface area (Å²) in [5.41, 5.74) is 0.0872. The third kappa shape index (κ3) is 3.75. The molecule has 4 saturated carbocycles. The van der Waals surface area contributed by atoms with E-state index in [0.717, 1.165) is 51.4 Å². The van der Waals surface area contributed by atoms with Crippen LogP contribution in [0.1, 0.15) is 79.1 Å². The summed E-state index contributed by atoms with van der Waals surface area (Å²) in [5, 5.41) is 0. The third-order valence-corrected chi connectivity index (χ3v) is 8.84. The summed E-state index contributed by atoms with van der Waals surface area (Å²) in [6.45, 7) is 6.72. The number of hydrogen-bond donors (Lipinski definition) is 0. The molecule has 9 atom stereocenters. The predicted molar refractivity (Wildman–Crippen MR) is 109 cm³/mol. The van der Waals surface area contributed by atoms with E-state index in [1.54, 1.807) is 0 Å². The molecule has 0 amide bonds. The Bertz CT molecular complexity index is 704. The molecule has 4 fully saturated rings. The number of esters is 3. The van der Waals surface area contributed by atoms with Crippen molar-refractivity contribution in [3.63, 3.8) is 0 Å². The van der Waals surface area contributed by atoms with Crippen molar-refractivity contribution >= 4 is 17.9 Å². The molecule has 0 radical (unpaired) electrons. The molecule has 4 rings (SSSR count). The van der Waals surface area contributed by atoms with Crippen molar-refractivity contribution in [1.82, 2.24) is 0 Å². The monoisotopic (exact) mass is 420 g/mol. The Kier molecular flexibility index (Phi) is 5.88. The first kappa shape index (κ1) is 21.6. The quantitative estimate of drug-likeness (QED) is 0.506. The molecule has 4 aliphatic carbocycles. The molecule has 0 N–H and O–H groups in total. The van der Waals surface area contributed by atoms with Gasteiger partial charge in [0.15, 0.2) is 0 Å². The lowest BCUT2D eigenvalue weighted by molar-refractivity contribution is -0.189. The van der Waals surface area contributed by atoms with Gasteiger partial charge in [0.05, 0.1) is 0 Å². The van der Waals surface area contributed by atoms with Crippen molar-refractivity contribution in [2.75, 3.05) is 0 Å². The van der Waals surface area contributed by atoms with Crippen molar-refractivity contribution < 1.29 is 28.6 Å². The van der Waals surface area contributed by atoms with E-state index in [-0.39, 0.29) is 47.6 Å². The molecule has 0 aromatic rings. The van der Waals surface area contributed by atoms with Gasteiger partial charge in [0, 0.05) is 32.1 Å². The van der Waals surface area contributed by atoms with E-state index in [4.69, 9.17) is 14.2 Å². The molecule has 4 aliphatic rings. The summed E-state index contributed by atoms with van der Waals surface area (Å²) in [4.78, 5) is 35.0. The fraction of sp³-hybridized carbons (Fsp3) is 0.875. The highest BCUT2D eigenvalue weighted by atomic mass is 16.6. The second-order valence-electron chi connectivity index (χ2n) is 10.4. The van der Waals surface area contributed by atoms with Gasteiger partial charge in [-0.15, -0.1) is 0 Å². The fourth-order valence-electron chi connectivity index (χ4n) is 7.85. The zero-order chi connectivity index (χ0) is 21.6. The summed E-state index contributed by atoms with van der Waals surface area (Å²) < 4.78 is 17.0. The molecule has 0 bridgehead atoms. The largest absolute Gasteiger partial charge is 0.462 e. The van der Waals surface area contributed by atoms with E-state index in [1.807, 2.05) is 0 Å². The summed E-state index contributed by atoms with van der Waals surface area (Å²) in [5.74, 6) is 1.88. The summed E-state index contributed by atoms with van der Waals surface area (Å²) in [6.07, 6.45) is 7.65. The third-order valence-electron chi connectivity index (χ3n) is 8.84. The molecular weight excluding hydrogens is 384 g/mol. The first-order valence-corrected chi connectivity index (χ1v) is 11.7. The van der Waals surface area contributed by atoms with Crippen LogP contribution in [0.5, 0.6) is 0 Å². The molecule has 0 aromatic carbocycles. The second kappa shape index (κ2) is 8.16. The van der Waals surface area contributed by atoms with Gasteiger partial charge < -0.3 is 14.2 Å². The van der Waals surface area contributed by atoms with E-state index in [1.165, 1.54) is 20.8 Å². The van der Waals surface area contributed by atoms with Crippen molar-refractivity contribution in [1.29, 1.82) is 0 Å². The van der Waals surface area contributed by atoms with Crippen LogP contribution < -0.4 is 0 Å². The minimum atomic E-state index is -0.322. The zero-order valence-corrected chi connectivity index (χ0v) is 18.7. The standard InChI is InChI=1S/C24H36O6/c1-13(25)28-21-9-7-16-17-11-12-24(4)20(8-10-22(24)29-14(2)26)18(17)5-6-19(16)23(21)30-15(3)27/h16-23H,5-12H2,1-4H3/t16-,17-,18-,19-,20+,21+,22+,23+,24+/m1/s1.